The Labute approximate surface area is 156 Å². The van der Waals surface area contributed by atoms with E-state index in [-0.39, 0.29) is 17.5 Å². The number of esters is 1. The number of carbonyl (C=O) groups is 4. The molecule has 0 saturated carbocycles. The Morgan fingerprint density at radius 2 is 1.63 bits per heavy atom. The zero-order valence-electron chi connectivity index (χ0n) is 15.8. The molecule has 0 heterocycles. The van der Waals surface area contributed by atoms with Crippen LogP contribution in [0.3, 0.4) is 0 Å². The van der Waals surface area contributed by atoms with Crippen LogP contribution in [-0.2, 0) is 30.3 Å². The summed E-state index contributed by atoms with van der Waals surface area (Å²) in [6, 6.07) is 1.08. The molecule has 1 rings (SSSR count). The van der Waals surface area contributed by atoms with Gasteiger partial charge in [0.2, 0.25) is 11.8 Å². The highest BCUT2D eigenvalue weighted by atomic mass is 16.7. The van der Waals surface area contributed by atoms with Gasteiger partial charge in [-0.15, -0.1) is 0 Å². The fourth-order valence-electron chi connectivity index (χ4n) is 2.62. The van der Waals surface area contributed by atoms with Crippen molar-refractivity contribution in [1.29, 1.82) is 0 Å². The van der Waals surface area contributed by atoms with Crippen LogP contribution < -0.4 is 0 Å². The minimum Gasteiger partial charge on any atom is -0.504 e. The lowest BCUT2D eigenvalue weighted by atomic mass is 9.95. The number of hydrogen-bond acceptors (Lipinski definition) is 8. The lowest BCUT2D eigenvalue weighted by molar-refractivity contribution is -0.179. The number of Topliss-reactive ketones (excluding diaryl/α,β-unsaturated/α-hetero) is 1. The molecule has 2 unspecified atom stereocenters. The second-order valence-electron chi connectivity index (χ2n) is 5.89. The van der Waals surface area contributed by atoms with Gasteiger partial charge in [0.1, 0.15) is 6.04 Å². The molecule has 0 saturated heterocycles. The fourth-order valence-corrected chi connectivity index (χ4v) is 2.62. The van der Waals surface area contributed by atoms with E-state index in [0.29, 0.717) is 4.90 Å². The third-order valence-corrected chi connectivity index (χ3v) is 3.88. The number of ketones is 1. The van der Waals surface area contributed by atoms with Gasteiger partial charge in [0.15, 0.2) is 23.6 Å². The minimum absolute atomic E-state index is 0.164. The number of phenols is 2. The number of rotatable bonds is 7. The van der Waals surface area contributed by atoms with Crippen LogP contribution in [0.25, 0.3) is 0 Å². The highest BCUT2D eigenvalue weighted by molar-refractivity contribution is 6.00. The van der Waals surface area contributed by atoms with Crippen LogP contribution in [0.5, 0.6) is 11.5 Å². The van der Waals surface area contributed by atoms with E-state index in [1.165, 1.54) is 27.0 Å². The maximum Gasteiger partial charge on any atom is 0.331 e. The smallest absolute Gasteiger partial charge is 0.331 e. The van der Waals surface area contributed by atoms with Crippen LogP contribution in [0.4, 0.5) is 0 Å². The Kier molecular flexibility index (Phi) is 7.47. The summed E-state index contributed by atoms with van der Waals surface area (Å²) in [6.07, 6.45) is -1.22. The third kappa shape index (κ3) is 5.27. The summed E-state index contributed by atoms with van der Waals surface area (Å²) < 4.78 is 9.93. The Morgan fingerprint density at radius 3 is 2.07 bits per heavy atom. The van der Waals surface area contributed by atoms with Crippen molar-refractivity contribution in [2.24, 2.45) is 0 Å². The number of hydrogen-bond donors (Lipinski definition) is 2. The minimum atomic E-state index is -1.39. The van der Waals surface area contributed by atoms with E-state index < -0.39 is 47.4 Å². The second kappa shape index (κ2) is 9.13. The highest BCUT2D eigenvalue weighted by Crippen LogP contribution is 2.33. The Hall–Kier alpha value is -2.94. The van der Waals surface area contributed by atoms with Gasteiger partial charge >= 0.3 is 5.97 Å². The average Bonchev–Trinajstić information content (AvgIpc) is 2.56. The quantitative estimate of drug-likeness (QED) is 0.311. The first-order valence-electron chi connectivity index (χ1n) is 8.09. The second-order valence-corrected chi connectivity index (χ2v) is 5.89. The van der Waals surface area contributed by atoms with Crippen molar-refractivity contribution in [1.82, 2.24) is 4.90 Å². The monoisotopic (exact) mass is 381 g/mol. The molecular weight excluding hydrogens is 358 g/mol. The maximum absolute atomic E-state index is 12.6. The molecule has 1 aromatic rings. The Balaban J connectivity index is 3.43. The number of nitrogens with zero attached hydrogens (tertiary/aromatic N) is 1. The first kappa shape index (κ1) is 22.1. The first-order valence-corrected chi connectivity index (χ1v) is 8.09. The molecule has 0 aliphatic heterocycles. The topological polar surface area (TPSA) is 130 Å². The van der Waals surface area contributed by atoms with Gasteiger partial charge in [0.05, 0.1) is 5.56 Å². The highest BCUT2D eigenvalue weighted by Gasteiger charge is 2.34. The van der Waals surface area contributed by atoms with Gasteiger partial charge in [0, 0.05) is 27.4 Å². The molecule has 27 heavy (non-hydrogen) atoms. The van der Waals surface area contributed by atoms with Gasteiger partial charge < -0.3 is 19.7 Å². The van der Waals surface area contributed by atoms with E-state index in [1.54, 1.807) is 0 Å². The number of amides is 2. The van der Waals surface area contributed by atoms with Crippen molar-refractivity contribution < 1.29 is 38.9 Å². The Bertz CT molecular complexity index is 744. The predicted molar refractivity (Wildman–Crippen MR) is 93.0 cm³/mol. The van der Waals surface area contributed by atoms with Gasteiger partial charge in [-0.25, -0.2) is 4.79 Å². The summed E-state index contributed by atoms with van der Waals surface area (Å²) >= 11 is 0. The average molecular weight is 381 g/mol. The SMILES string of the molecule is COC(C)OC(=O)C(Cc1ccc(O)c(O)c1C(C)=O)N(C(C)=O)C(C)=O. The summed E-state index contributed by atoms with van der Waals surface area (Å²) in [5.41, 5.74) is -0.0445. The summed E-state index contributed by atoms with van der Waals surface area (Å²) in [7, 11) is 1.31. The molecule has 2 amide bonds. The van der Waals surface area contributed by atoms with Crippen LogP contribution in [0.15, 0.2) is 12.1 Å². The van der Waals surface area contributed by atoms with E-state index in [0.717, 1.165) is 19.9 Å². The number of carbonyl (C=O) groups excluding carboxylic acids is 4. The van der Waals surface area contributed by atoms with Crippen LogP contribution in [-0.4, -0.2) is 58.1 Å². The molecule has 9 nitrogen and oxygen atoms in total. The van der Waals surface area contributed by atoms with E-state index in [1.807, 2.05) is 0 Å². The maximum atomic E-state index is 12.6. The molecular formula is C18H23NO8. The number of aromatic hydroxyl groups is 2. The van der Waals surface area contributed by atoms with Crippen LogP contribution in [0, 0.1) is 0 Å². The number of ether oxygens (including phenoxy) is 2. The summed E-state index contributed by atoms with van der Waals surface area (Å²) in [5, 5.41) is 19.6. The molecule has 148 valence electrons. The normalized spacial score (nSPS) is 12.8. The predicted octanol–water partition coefficient (Wildman–Crippen LogP) is 1.14. The van der Waals surface area contributed by atoms with Crippen molar-refractivity contribution in [3.63, 3.8) is 0 Å². The van der Waals surface area contributed by atoms with Gasteiger partial charge in [-0.3, -0.25) is 19.3 Å². The van der Waals surface area contributed by atoms with Crippen molar-refractivity contribution in [2.45, 2.75) is 46.4 Å². The number of phenolic OH excluding ortho intramolecular Hbond substituents is 2. The van der Waals surface area contributed by atoms with Gasteiger partial charge in [0.25, 0.3) is 0 Å². The summed E-state index contributed by atoms with van der Waals surface area (Å²) in [5.74, 6) is -4.02. The number of methoxy groups -OCH3 is 1. The van der Waals surface area contributed by atoms with Crippen molar-refractivity contribution >= 4 is 23.6 Å². The summed E-state index contributed by atoms with van der Waals surface area (Å²) in [6.45, 7) is 4.85. The van der Waals surface area contributed by atoms with E-state index in [4.69, 9.17) is 9.47 Å². The van der Waals surface area contributed by atoms with Gasteiger partial charge in [-0.2, -0.15) is 0 Å². The van der Waals surface area contributed by atoms with E-state index >= 15 is 0 Å². The summed E-state index contributed by atoms with van der Waals surface area (Å²) in [4.78, 5) is 49.0. The standard InChI is InChI=1S/C18H23NO8/c1-9(20)16-13(6-7-15(23)17(16)24)8-14(18(25)27-12(4)26-5)19(10(2)21)11(3)22/h6-7,12,14,23-24H,8H2,1-5H3. The zero-order valence-corrected chi connectivity index (χ0v) is 15.8. The van der Waals surface area contributed by atoms with Gasteiger partial charge in [-0.05, 0) is 25.5 Å². The molecule has 2 atom stereocenters. The molecule has 9 heteroatoms. The van der Waals surface area contributed by atoms with Gasteiger partial charge in [-0.1, -0.05) is 6.07 Å². The zero-order chi connectivity index (χ0) is 20.9. The van der Waals surface area contributed by atoms with Crippen molar-refractivity contribution in [2.75, 3.05) is 7.11 Å². The molecule has 0 aromatic heterocycles. The first-order chi connectivity index (χ1) is 12.5. The fraction of sp³-hybridized carbons (Fsp3) is 0.444. The van der Waals surface area contributed by atoms with Crippen LogP contribution >= 0.6 is 0 Å². The van der Waals surface area contributed by atoms with Crippen molar-refractivity contribution in [3.8, 4) is 11.5 Å². The molecule has 0 aliphatic carbocycles. The lowest BCUT2D eigenvalue weighted by Gasteiger charge is -2.28. The largest absolute Gasteiger partial charge is 0.504 e. The third-order valence-electron chi connectivity index (χ3n) is 3.88. The van der Waals surface area contributed by atoms with E-state index in [9.17, 15) is 29.4 Å². The van der Waals surface area contributed by atoms with Crippen molar-refractivity contribution in [3.05, 3.63) is 23.3 Å². The van der Waals surface area contributed by atoms with Crippen LogP contribution in [0.1, 0.15) is 43.6 Å². The van der Waals surface area contributed by atoms with E-state index in [2.05, 4.69) is 0 Å². The number of benzene rings is 1. The molecule has 2 N–H and O–H groups in total. The molecule has 0 spiro atoms. The lowest BCUT2D eigenvalue weighted by Crippen LogP contribution is -2.49. The molecule has 0 bridgehead atoms. The molecule has 0 aliphatic rings. The van der Waals surface area contributed by atoms with Crippen LogP contribution in [0.2, 0.25) is 0 Å². The number of imide groups is 1. The molecule has 0 fully saturated rings. The molecule has 0 radical (unpaired) electrons. The molecule has 1 aromatic carbocycles. The Morgan fingerprint density at radius 1 is 1.07 bits per heavy atom.